The Morgan fingerprint density at radius 1 is 1.37 bits per heavy atom. The Bertz CT molecular complexity index is 593. The minimum atomic E-state index is -1.02. The van der Waals surface area contributed by atoms with Crippen molar-refractivity contribution >= 4 is 16.9 Å². The Morgan fingerprint density at radius 3 is 2.79 bits per heavy atom. The molecular weight excluding hydrogens is 242 g/mol. The molecule has 0 atom stereocenters. The van der Waals surface area contributed by atoms with Crippen molar-refractivity contribution in [2.75, 3.05) is 6.61 Å². The largest absolute Gasteiger partial charge is 0.492 e. The Hall–Kier alpha value is -2.10. The Balaban J connectivity index is 2.41. The first kappa shape index (κ1) is 13.3. The summed E-state index contributed by atoms with van der Waals surface area (Å²) < 4.78 is 5.70. The van der Waals surface area contributed by atoms with Gasteiger partial charge in [0, 0.05) is 11.6 Å². The molecule has 1 N–H and O–H groups in total. The van der Waals surface area contributed by atoms with E-state index < -0.39 is 5.97 Å². The highest BCUT2D eigenvalue weighted by molar-refractivity contribution is 5.98. The predicted octanol–water partition coefficient (Wildman–Crippen LogP) is 3.36. The molecule has 100 valence electrons. The molecule has 0 aliphatic carbocycles. The zero-order valence-corrected chi connectivity index (χ0v) is 11.1. The number of benzene rings is 1. The highest BCUT2D eigenvalue weighted by atomic mass is 16.5. The number of hydrogen-bond donors (Lipinski definition) is 1. The fraction of sp³-hybridized carbons (Fsp3) is 0.333. The van der Waals surface area contributed by atoms with E-state index in [4.69, 9.17) is 4.74 Å². The van der Waals surface area contributed by atoms with E-state index in [1.54, 1.807) is 0 Å². The number of carboxylic acid groups (broad SMARTS) is 1. The number of para-hydroxylation sites is 1. The van der Waals surface area contributed by atoms with Crippen molar-refractivity contribution < 1.29 is 14.6 Å². The fourth-order valence-electron chi connectivity index (χ4n) is 1.82. The molecule has 1 aromatic carbocycles. The van der Waals surface area contributed by atoms with Gasteiger partial charge in [0.05, 0.1) is 12.1 Å². The van der Waals surface area contributed by atoms with Crippen molar-refractivity contribution in [3.8, 4) is 5.75 Å². The second kappa shape index (κ2) is 5.69. The van der Waals surface area contributed by atoms with E-state index in [0.717, 1.165) is 17.3 Å². The van der Waals surface area contributed by atoms with Crippen molar-refractivity contribution in [2.45, 2.75) is 20.3 Å². The van der Waals surface area contributed by atoms with Crippen LogP contribution in [0.3, 0.4) is 0 Å². The molecule has 2 rings (SSSR count). The van der Waals surface area contributed by atoms with Crippen LogP contribution in [0.15, 0.2) is 30.5 Å². The summed E-state index contributed by atoms with van der Waals surface area (Å²) in [7, 11) is 0. The lowest BCUT2D eigenvalue weighted by Gasteiger charge is -2.12. The lowest BCUT2D eigenvalue weighted by Crippen LogP contribution is -2.07. The third-order valence-electron chi connectivity index (χ3n) is 2.90. The summed E-state index contributed by atoms with van der Waals surface area (Å²) in [6.07, 6.45) is 2.24. The zero-order chi connectivity index (χ0) is 13.8. The van der Waals surface area contributed by atoms with E-state index >= 15 is 0 Å². The number of nitrogens with zero attached hydrogens (tertiary/aromatic N) is 1. The lowest BCUT2D eigenvalue weighted by atomic mass is 10.1. The number of aromatic carboxylic acids is 1. The highest BCUT2D eigenvalue weighted by Crippen LogP contribution is 2.28. The second-order valence-corrected chi connectivity index (χ2v) is 4.85. The van der Waals surface area contributed by atoms with Gasteiger partial charge in [-0.05, 0) is 24.5 Å². The number of rotatable bonds is 5. The van der Waals surface area contributed by atoms with Gasteiger partial charge in [-0.15, -0.1) is 0 Å². The monoisotopic (exact) mass is 259 g/mol. The third kappa shape index (κ3) is 3.02. The Labute approximate surface area is 112 Å². The van der Waals surface area contributed by atoms with Crippen LogP contribution in [-0.4, -0.2) is 22.7 Å². The van der Waals surface area contributed by atoms with Crippen LogP contribution >= 0.6 is 0 Å². The van der Waals surface area contributed by atoms with E-state index in [1.807, 2.05) is 24.3 Å². The number of carboxylic acids is 1. The van der Waals surface area contributed by atoms with Crippen molar-refractivity contribution in [3.05, 3.63) is 36.0 Å². The average Bonchev–Trinajstić information content (AvgIpc) is 2.38. The summed E-state index contributed by atoms with van der Waals surface area (Å²) in [6.45, 7) is 4.71. The SMILES string of the molecule is CC(C)CCOc1c(C(=O)O)cnc2ccccc12. The van der Waals surface area contributed by atoms with Crippen LogP contribution in [0.4, 0.5) is 0 Å². The number of hydrogen-bond acceptors (Lipinski definition) is 3. The van der Waals surface area contributed by atoms with Gasteiger partial charge >= 0.3 is 5.97 Å². The molecule has 19 heavy (non-hydrogen) atoms. The first-order valence-electron chi connectivity index (χ1n) is 6.33. The number of pyridine rings is 1. The van der Waals surface area contributed by atoms with Gasteiger partial charge in [-0.25, -0.2) is 4.79 Å². The maximum absolute atomic E-state index is 11.2. The summed E-state index contributed by atoms with van der Waals surface area (Å²) in [4.78, 5) is 15.4. The van der Waals surface area contributed by atoms with Crippen molar-refractivity contribution in [1.29, 1.82) is 0 Å². The summed E-state index contributed by atoms with van der Waals surface area (Å²) in [5.74, 6) is -0.0853. The van der Waals surface area contributed by atoms with Crippen molar-refractivity contribution in [1.82, 2.24) is 4.98 Å². The predicted molar refractivity (Wildman–Crippen MR) is 73.7 cm³/mol. The summed E-state index contributed by atoms with van der Waals surface area (Å²) >= 11 is 0. The molecule has 0 bridgehead atoms. The van der Waals surface area contributed by atoms with Crippen LogP contribution in [-0.2, 0) is 0 Å². The molecule has 0 radical (unpaired) electrons. The van der Waals surface area contributed by atoms with E-state index in [9.17, 15) is 9.90 Å². The van der Waals surface area contributed by atoms with Crippen LogP contribution in [0.2, 0.25) is 0 Å². The van der Waals surface area contributed by atoms with Crippen LogP contribution in [0.25, 0.3) is 10.9 Å². The fourth-order valence-corrected chi connectivity index (χ4v) is 1.82. The number of aromatic nitrogens is 1. The van der Waals surface area contributed by atoms with Gasteiger partial charge in [0.1, 0.15) is 11.3 Å². The first-order chi connectivity index (χ1) is 9.09. The quantitative estimate of drug-likeness (QED) is 0.894. The minimum Gasteiger partial charge on any atom is -0.492 e. The van der Waals surface area contributed by atoms with Crippen molar-refractivity contribution in [3.63, 3.8) is 0 Å². The van der Waals surface area contributed by atoms with Gasteiger partial charge in [0.2, 0.25) is 0 Å². The molecule has 0 aliphatic rings. The molecule has 0 spiro atoms. The van der Waals surface area contributed by atoms with E-state index in [-0.39, 0.29) is 5.56 Å². The normalized spacial score (nSPS) is 10.9. The molecule has 0 saturated carbocycles. The van der Waals surface area contributed by atoms with Crippen LogP contribution < -0.4 is 4.74 Å². The molecular formula is C15H17NO3. The maximum Gasteiger partial charge on any atom is 0.341 e. The standard InChI is InChI=1S/C15H17NO3/c1-10(2)7-8-19-14-11-5-3-4-6-13(11)16-9-12(14)15(17)18/h3-6,9-10H,7-8H2,1-2H3,(H,17,18). The van der Waals surface area contributed by atoms with Crippen LogP contribution in [0, 0.1) is 5.92 Å². The van der Waals surface area contributed by atoms with E-state index in [1.165, 1.54) is 6.20 Å². The molecule has 2 aromatic rings. The van der Waals surface area contributed by atoms with Gasteiger partial charge < -0.3 is 9.84 Å². The molecule has 4 nitrogen and oxygen atoms in total. The Morgan fingerprint density at radius 2 is 2.11 bits per heavy atom. The first-order valence-corrected chi connectivity index (χ1v) is 6.33. The third-order valence-corrected chi connectivity index (χ3v) is 2.90. The van der Waals surface area contributed by atoms with Crippen LogP contribution in [0.1, 0.15) is 30.6 Å². The van der Waals surface area contributed by atoms with Gasteiger partial charge in [-0.2, -0.15) is 0 Å². The second-order valence-electron chi connectivity index (χ2n) is 4.85. The highest BCUT2D eigenvalue weighted by Gasteiger charge is 2.15. The molecule has 4 heteroatoms. The summed E-state index contributed by atoms with van der Waals surface area (Å²) in [5.41, 5.74) is 0.856. The van der Waals surface area contributed by atoms with Gasteiger partial charge in [-0.1, -0.05) is 26.0 Å². The average molecular weight is 259 g/mol. The van der Waals surface area contributed by atoms with Gasteiger partial charge in [0.25, 0.3) is 0 Å². The molecule has 0 saturated heterocycles. The Kier molecular flexibility index (Phi) is 4.00. The topological polar surface area (TPSA) is 59.4 Å². The smallest absolute Gasteiger partial charge is 0.341 e. The van der Waals surface area contributed by atoms with Gasteiger partial charge in [-0.3, -0.25) is 4.98 Å². The van der Waals surface area contributed by atoms with Crippen LogP contribution in [0.5, 0.6) is 5.75 Å². The van der Waals surface area contributed by atoms with Crippen molar-refractivity contribution in [2.24, 2.45) is 5.92 Å². The van der Waals surface area contributed by atoms with E-state index in [0.29, 0.717) is 18.3 Å². The molecule has 0 unspecified atom stereocenters. The number of fused-ring (bicyclic) bond motifs is 1. The zero-order valence-electron chi connectivity index (χ0n) is 11.1. The molecule has 1 aromatic heterocycles. The number of ether oxygens (including phenoxy) is 1. The molecule has 1 heterocycles. The van der Waals surface area contributed by atoms with Gasteiger partial charge in [0.15, 0.2) is 0 Å². The molecule has 0 aliphatic heterocycles. The number of carbonyl (C=O) groups is 1. The summed E-state index contributed by atoms with van der Waals surface area (Å²) in [6, 6.07) is 7.40. The van der Waals surface area contributed by atoms with E-state index in [2.05, 4.69) is 18.8 Å². The summed E-state index contributed by atoms with van der Waals surface area (Å²) in [5, 5.41) is 9.96. The molecule has 0 amide bonds. The minimum absolute atomic E-state index is 0.113. The maximum atomic E-state index is 11.2. The lowest BCUT2D eigenvalue weighted by molar-refractivity contribution is 0.0692. The molecule has 0 fully saturated rings.